The number of esters is 1. The van der Waals surface area contributed by atoms with Gasteiger partial charge in [-0.25, -0.2) is 4.98 Å². The van der Waals surface area contributed by atoms with E-state index in [0.717, 1.165) is 17.1 Å². The van der Waals surface area contributed by atoms with Crippen LogP contribution in [0.2, 0.25) is 0 Å². The zero-order chi connectivity index (χ0) is 15.4. The minimum absolute atomic E-state index is 0.216. The lowest BCUT2D eigenvalue weighted by atomic mass is 10.1. The number of nitrogens with zero attached hydrogens (tertiary/aromatic N) is 3. The molecule has 0 aromatic carbocycles. The Balaban J connectivity index is 1.56. The van der Waals surface area contributed by atoms with Gasteiger partial charge >= 0.3 is 5.97 Å². The molecule has 1 saturated carbocycles. The van der Waals surface area contributed by atoms with Crippen molar-refractivity contribution < 1.29 is 14.1 Å². The predicted octanol–water partition coefficient (Wildman–Crippen LogP) is 2.68. The van der Waals surface area contributed by atoms with Crippen LogP contribution in [0.1, 0.15) is 55.2 Å². The fourth-order valence-corrected chi connectivity index (χ4v) is 2.95. The molecule has 2 aromatic rings. The Hall–Kier alpha value is -2.11. The van der Waals surface area contributed by atoms with Crippen molar-refractivity contribution in [1.29, 1.82) is 0 Å². The molecule has 0 N–H and O–H groups in total. The van der Waals surface area contributed by atoms with Crippen molar-refractivity contribution in [2.75, 3.05) is 7.11 Å². The maximum atomic E-state index is 11.1. The van der Waals surface area contributed by atoms with Crippen molar-refractivity contribution >= 4 is 5.97 Å². The van der Waals surface area contributed by atoms with E-state index in [2.05, 4.69) is 20.9 Å². The molecule has 6 nitrogen and oxygen atoms in total. The standard InChI is InChI=1S/C16H21N3O3/c1-21-16(20)7-6-13-9-19(11-17-13)10-14-8-15(22-18-14)12-4-2-3-5-12/h8-9,11-12H,2-7,10H2,1H3. The average Bonchev–Trinajstić information content (AvgIpc) is 3.26. The summed E-state index contributed by atoms with van der Waals surface area (Å²) in [5.41, 5.74) is 1.80. The second-order valence-corrected chi connectivity index (χ2v) is 5.82. The van der Waals surface area contributed by atoms with Crippen LogP contribution >= 0.6 is 0 Å². The summed E-state index contributed by atoms with van der Waals surface area (Å²) in [7, 11) is 1.40. The van der Waals surface area contributed by atoms with Gasteiger partial charge in [0, 0.05) is 24.6 Å². The minimum atomic E-state index is -0.216. The van der Waals surface area contributed by atoms with Gasteiger partial charge in [0.2, 0.25) is 0 Å². The Morgan fingerprint density at radius 3 is 3.00 bits per heavy atom. The normalized spacial score (nSPS) is 15.3. The zero-order valence-corrected chi connectivity index (χ0v) is 12.8. The summed E-state index contributed by atoms with van der Waals surface area (Å²) >= 11 is 0. The van der Waals surface area contributed by atoms with Gasteiger partial charge in [0.25, 0.3) is 0 Å². The van der Waals surface area contributed by atoms with Gasteiger partial charge in [-0.1, -0.05) is 18.0 Å². The van der Waals surface area contributed by atoms with Gasteiger partial charge in [-0.05, 0) is 12.8 Å². The number of rotatable bonds is 6. The quantitative estimate of drug-likeness (QED) is 0.767. The molecule has 0 amide bonds. The predicted molar refractivity (Wildman–Crippen MR) is 79.4 cm³/mol. The van der Waals surface area contributed by atoms with Crippen LogP contribution < -0.4 is 0 Å². The third kappa shape index (κ3) is 3.55. The average molecular weight is 303 g/mol. The fourth-order valence-electron chi connectivity index (χ4n) is 2.95. The number of carbonyl (C=O) groups is 1. The Bertz CT molecular complexity index is 626. The number of imidazole rings is 1. The van der Waals surface area contributed by atoms with Crippen LogP contribution in [-0.2, 0) is 22.5 Å². The van der Waals surface area contributed by atoms with Crippen molar-refractivity contribution in [2.45, 2.75) is 51.0 Å². The second kappa shape index (κ2) is 6.77. The number of methoxy groups -OCH3 is 1. The molecular formula is C16H21N3O3. The number of ether oxygens (including phenoxy) is 1. The molecule has 3 rings (SSSR count). The topological polar surface area (TPSA) is 70.2 Å². The Morgan fingerprint density at radius 2 is 2.23 bits per heavy atom. The van der Waals surface area contributed by atoms with Crippen LogP contribution in [0.15, 0.2) is 23.1 Å². The summed E-state index contributed by atoms with van der Waals surface area (Å²) in [5.74, 6) is 1.34. The van der Waals surface area contributed by atoms with E-state index in [1.54, 1.807) is 6.33 Å². The number of hydrogen-bond acceptors (Lipinski definition) is 5. The van der Waals surface area contributed by atoms with Crippen LogP contribution in [0.4, 0.5) is 0 Å². The van der Waals surface area contributed by atoms with Crippen LogP contribution in [0.25, 0.3) is 0 Å². The lowest BCUT2D eigenvalue weighted by Gasteiger charge is -2.00. The van der Waals surface area contributed by atoms with Gasteiger partial charge in [-0.2, -0.15) is 0 Å². The number of aromatic nitrogens is 3. The molecule has 118 valence electrons. The third-order valence-electron chi connectivity index (χ3n) is 4.18. The van der Waals surface area contributed by atoms with Crippen molar-refractivity contribution in [3.05, 3.63) is 35.7 Å². The minimum Gasteiger partial charge on any atom is -0.469 e. The summed E-state index contributed by atoms with van der Waals surface area (Å²) in [6.07, 6.45) is 9.62. The van der Waals surface area contributed by atoms with Crippen LogP contribution in [0, 0.1) is 0 Å². The maximum Gasteiger partial charge on any atom is 0.305 e. The molecule has 6 heteroatoms. The highest BCUT2D eigenvalue weighted by Gasteiger charge is 2.21. The van der Waals surface area contributed by atoms with E-state index in [-0.39, 0.29) is 5.97 Å². The summed E-state index contributed by atoms with van der Waals surface area (Å²) in [6.45, 7) is 0.640. The number of hydrogen-bond donors (Lipinski definition) is 0. The van der Waals surface area contributed by atoms with Crippen LogP contribution in [0.3, 0.4) is 0 Å². The first-order chi connectivity index (χ1) is 10.7. The molecule has 1 aliphatic carbocycles. The lowest BCUT2D eigenvalue weighted by Crippen LogP contribution is -2.02. The highest BCUT2D eigenvalue weighted by Crippen LogP contribution is 2.34. The molecule has 2 heterocycles. The van der Waals surface area contributed by atoms with E-state index >= 15 is 0 Å². The first-order valence-electron chi connectivity index (χ1n) is 7.77. The molecule has 0 saturated heterocycles. The SMILES string of the molecule is COC(=O)CCc1cn(Cc2cc(C3CCCC3)on2)cn1. The van der Waals surface area contributed by atoms with E-state index in [1.165, 1.54) is 32.8 Å². The van der Waals surface area contributed by atoms with Gasteiger partial charge in [-0.15, -0.1) is 0 Å². The smallest absolute Gasteiger partial charge is 0.305 e. The molecule has 0 radical (unpaired) electrons. The monoisotopic (exact) mass is 303 g/mol. The molecule has 0 aliphatic heterocycles. The van der Waals surface area contributed by atoms with E-state index in [9.17, 15) is 4.79 Å². The number of aryl methyl sites for hydroxylation is 1. The van der Waals surface area contributed by atoms with E-state index in [0.29, 0.717) is 25.3 Å². The second-order valence-electron chi connectivity index (χ2n) is 5.82. The molecule has 0 spiro atoms. The maximum absolute atomic E-state index is 11.1. The summed E-state index contributed by atoms with van der Waals surface area (Å²) in [5, 5.41) is 4.16. The van der Waals surface area contributed by atoms with Crippen molar-refractivity contribution in [3.8, 4) is 0 Å². The molecule has 2 aromatic heterocycles. The first kappa shape index (κ1) is 14.8. The summed E-state index contributed by atoms with van der Waals surface area (Å²) in [6, 6.07) is 2.06. The van der Waals surface area contributed by atoms with Crippen molar-refractivity contribution in [1.82, 2.24) is 14.7 Å². The largest absolute Gasteiger partial charge is 0.469 e. The number of carbonyl (C=O) groups excluding carboxylic acids is 1. The highest BCUT2D eigenvalue weighted by atomic mass is 16.5. The fraction of sp³-hybridized carbons (Fsp3) is 0.562. The van der Waals surface area contributed by atoms with E-state index < -0.39 is 0 Å². The molecule has 1 fully saturated rings. The molecule has 1 aliphatic rings. The molecule has 22 heavy (non-hydrogen) atoms. The van der Waals surface area contributed by atoms with Gasteiger partial charge in [0.15, 0.2) is 0 Å². The molecule has 0 bridgehead atoms. The van der Waals surface area contributed by atoms with Crippen LogP contribution in [-0.4, -0.2) is 27.8 Å². The highest BCUT2D eigenvalue weighted by molar-refractivity contribution is 5.69. The Kier molecular flexibility index (Phi) is 4.56. The third-order valence-corrected chi connectivity index (χ3v) is 4.18. The van der Waals surface area contributed by atoms with Gasteiger partial charge in [-0.3, -0.25) is 4.79 Å². The Morgan fingerprint density at radius 1 is 1.41 bits per heavy atom. The van der Waals surface area contributed by atoms with Crippen LogP contribution in [0.5, 0.6) is 0 Å². The lowest BCUT2D eigenvalue weighted by molar-refractivity contribution is -0.140. The molecule has 0 unspecified atom stereocenters. The van der Waals surface area contributed by atoms with E-state index in [1.807, 2.05) is 10.8 Å². The summed E-state index contributed by atoms with van der Waals surface area (Å²) in [4.78, 5) is 15.4. The van der Waals surface area contributed by atoms with Crippen molar-refractivity contribution in [3.63, 3.8) is 0 Å². The Labute approximate surface area is 129 Å². The first-order valence-corrected chi connectivity index (χ1v) is 7.77. The molecular weight excluding hydrogens is 282 g/mol. The van der Waals surface area contributed by atoms with Gasteiger partial charge in [0.05, 0.1) is 32.1 Å². The summed E-state index contributed by atoms with van der Waals surface area (Å²) < 4.78 is 12.1. The van der Waals surface area contributed by atoms with Gasteiger partial charge < -0.3 is 13.8 Å². The van der Waals surface area contributed by atoms with Crippen molar-refractivity contribution in [2.24, 2.45) is 0 Å². The van der Waals surface area contributed by atoms with E-state index in [4.69, 9.17) is 4.52 Å². The molecule has 0 atom stereocenters. The zero-order valence-electron chi connectivity index (χ0n) is 12.8. The van der Waals surface area contributed by atoms with Gasteiger partial charge in [0.1, 0.15) is 11.5 Å².